The summed E-state index contributed by atoms with van der Waals surface area (Å²) in [6.07, 6.45) is 0. The molecule has 4 heteroatoms. The van der Waals surface area contributed by atoms with E-state index in [0.29, 0.717) is 16.5 Å². The van der Waals surface area contributed by atoms with Crippen LogP contribution in [0.25, 0.3) is 10.8 Å². The summed E-state index contributed by atoms with van der Waals surface area (Å²) in [5, 5.41) is 3.92. The molecule has 0 saturated carbocycles. The van der Waals surface area contributed by atoms with E-state index in [9.17, 15) is 9.59 Å². The Labute approximate surface area is 127 Å². The molecule has 0 aliphatic heterocycles. The number of hydrogen-bond donors (Lipinski definition) is 1. The van der Waals surface area contributed by atoms with Crippen molar-refractivity contribution in [3.63, 3.8) is 0 Å². The van der Waals surface area contributed by atoms with Crippen molar-refractivity contribution in [3.8, 4) is 0 Å². The van der Waals surface area contributed by atoms with Gasteiger partial charge in [0.25, 0.3) is 5.91 Å². The average Bonchev–Trinajstić information content (AvgIpc) is 2.50. The molecule has 1 N–H and O–H groups in total. The average molecular weight is 293 g/mol. The number of fused-ring (bicyclic) bond motifs is 1. The Bertz CT molecular complexity index is 925. The van der Waals surface area contributed by atoms with Crippen LogP contribution in [0.4, 0.5) is 5.69 Å². The summed E-state index contributed by atoms with van der Waals surface area (Å²) in [5.74, 6) is -0.432. The van der Waals surface area contributed by atoms with Gasteiger partial charge in [0.15, 0.2) is 5.76 Å². The van der Waals surface area contributed by atoms with E-state index in [1.165, 1.54) is 0 Å². The van der Waals surface area contributed by atoms with Crippen LogP contribution >= 0.6 is 0 Å². The van der Waals surface area contributed by atoms with Crippen LogP contribution < -0.4 is 10.9 Å². The van der Waals surface area contributed by atoms with Crippen LogP contribution in [0.3, 0.4) is 0 Å². The smallest absolute Gasteiger partial charge is 0.344 e. The first-order valence-electron chi connectivity index (χ1n) is 6.96. The number of nitrogens with one attached hydrogen (secondary N) is 1. The SMILES string of the molecule is Cc1ccc(NC(=O)c2cc3ccccc3c(=O)o2)c(C)c1. The van der Waals surface area contributed by atoms with E-state index in [1.54, 1.807) is 24.3 Å². The first-order valence-corrected chi connectivity index (χ1v) is 6.96. The number of aryl methyl sites for hydroxylation is 2. The van der Waals surface area contributed by atoms with E-state index in [1.807, 2.05) is 38.1 Å². The molecule has 3 aromatic rings. The zero-order chi connectivity index (χ0) is 15.7. The van der Waals surface area contributed by atoms with Crippen LogP contribution in [-0.2, 0) is 0 Å². The largest absolute Gasteiger partial charge is 0.417 e. The van der Waals surface area contributed by atoms with Crippen molar-refractivity contribution < 1.29 is 9.21 Å². The molecule has 0 aliphatic rings. The molecule has 1 aromatic heterocycles. The standard InChI is InChI=1S/C18H15NO3/c1-11-7-8-15(12(2)9-11)19-17(20)16-10-13-5-3-4-6-14(13)18(21)22-16/h3-10H,1-2H3,(H,19,20). The van der Waals surface area contributed by atoms with E-state index in [4.69, 9.17) is 4.42 Å². The van der Waals surface area contributed by atoms with E-state index in [2.05, 4.69) is 5.32 Å². The molecule has 0 unspecified atom stereocenters. The predicted molar refractivity (Wildman–Crippen MR) is 86.4 cm³/mol. The Morgan fingerprint density at radius 2 is 1.82 bits per heavy atom. The summed E-state index contributed by atoms with van der Waals surface area (Å²) in [7, 11) is 0. The normalized spacial score (nSPS) is 10.6. The van der Waals surface area contributed by atoms with Gasteiger partial charge in [0.05, 0.1) is 5.39 Å². The summed E-state index contributed by atoms with van der Waals surface area (Å²) >= 11 is 0. The van der Waals surface area contributed by atoms with Gasteiger partial charge in [0.2, 0.25) is 0 Å². The Balaban J connectivity index is 1.97. The maximum Gasteiger partial charge on any atom is 0.344 e. The maximum atomic E-state index is 12.3. The molecule has 0 bridgehead atoms. The highest BCUT2D eigenvalue weighted by molar-refractivity contribution is 6.04. The van der Waals surface area contributed by atoms with Crippen molar-refractivity contribution in [1.29, 1.82) is 0 Å². The molecule has 0 saturated heterocycles. The van der Waals surface area contributed by atoms with Gasteiger partial charge < -0.3 is 9.73 Å². The number of benzene rings is 2. The van der Waals surface area contributed by atoms with E-state index in [0.717, 1.165) is 11.1 Å². The minimum absolute atomic E-state index is 0.00340. The molecular weight excluding hydrogens is 278 g/mol. The molecule has 1 amide bonds. The third-order valence-corrected chi connectivity index (χ3v) is 3.52. The Morgan fingerprint density at radius 3 is 2.59 bits per heavy atom. The van der Waals surface area contributed by atoms with Crippen molar-refractivity contribution in [2.24, 2.45) is 0 Å². The summed E-state index contributed by atoms with van der Waals surface area (Å²) in [6.45, 7) is 3.90. The lowest BCUT2D eigenvalue weighted by Crippen LogP contribution is -2.15. The third kappa shape index (κ3) is 2.63. The van der Waals surface area contributed by atoms with Crippen molar-refractivity contribution in [2.75, 3.05) is 5.32 Å². The molecule has 110 valence electrons. The number of carbonyl (C=O) groups is 1. The second-order valence-electron chi connectivity index (χ2n) is 5.26. The predicted octanol–water partition coefficient (Wildman–Crippen LogP) is 3.66. The monoisotopic (exact) mass is 293 g/mol. The van der Waals surface area contributed by atoms with Crippen LogP contribution in [-0.4, -0.2) is 5.91 Å². The first-order chi connectivity index (χ1) is 10.5. The topological polar surface area (TPSA) is 59.3 Å². The molecule has 0 spiro atoms. The molecule has 0 atom stereocenters. The lowest BCUT2D eigenvalue weighted by molar-refractivity contribution is 0.0993. The molecule has 4 nitrogen and oxygen atoms in total. The molecule has 1 heterocycles. The van der Waals surface area contributed by atoms with Crippen LogP contribution in [0.15, 0.2) is 57.7 Å². The second kappa shape index (κ2) is 5.48. The van der Waals surface area contributed by atoms with E-state index >= 15 is 0 Å². The lowest BCUT2D eigenvalue weighted by Gasteiger charge is -2.08. The van der Waals surface area contributed by atoms with Crippen LogP contribution in [0.5, 0.6) is 0 Å². The summed E-state index contributed by atoms with van der Waals surface area (Å²) < 4.78 is 5.12. The summed E-state index contributed by atoms with van der Waals surface area (Å²) in [5.41, 5.74) is 2.26. The van der Waals surface area contributed by atoms with Crippen molar-refractivity contribution >= 4 is 22.4 Å². The Kier molecular flexibility index (Phi) is 3.51. The van der Waals surface area contributed by atoms with Crippen LogP contribution in [0, 0.1) is 13.8 Å². The minimum Gasteiger partial charge on any atom is -0.417 e. The van der Waals surface area contributed by atoms with E-state index in [-0.39, 0.29) is 5.76 Å². The van der Waals surface area contributed by atoms with Gasteiger partial charge in [-0.25, -0.2) is 4.79 Å². The summed E-state index contributed by atoms with van der Waals surface area (Å²) in [6, 6.07) is 14.3. The highest BCUT2D eigenvalue weighted by Crippen LogP contribution is 2.18. The number of hydrogen-bond acceptors (Lipinski definition) is 3. The van der Waals surface area contributed by atoms with Gasteiger partial charge in [-0.15, -0.1) is 0 Å². The molecule has 0 radical (unpaired) electrons. The van der Waals surface area contributed by atoms with Crippen molar-refractivity contribution in [1.82, 2.24) is 0 Å². The van der Waals surface area contributed by atoms with Crippen LogP contribution in [0.1, 0.15) is 21.7 Å². The molecule has 22 heavy (non-hydrogen) atoms. The number of anilines is 1. The highest BCUT2D eigenvalue weighted by Gasteiger charge is 2.13. The lowest BCUT2D eigenvalue weighted by atomic mass is 10.1. The molecule has 3 rings (SSSR count). The van der Waals surface area contributed by atoms with Crippen molar-refractivity contribution in [3.05, 3.63) is 75.8 Å². The van der Waals surface area contributed by atoms with Gasteiger partial charge in [-0.2, -0.15) is 0 Å². The third-order valence-electron chi connectivity index (χ3n) is 3.52. The van der Waals surface area contributed by atoms with Gasteiger partial charge in [-0.05, 0) is 43.0 Å². The zero-order valence-electron chi connectivity index (χ0n) is 12.3. The molecular formula is C18H15NO3. The van der Waals surface area contributed by atoms with Crippen molar-refractivity contribution in [2.45, 2.75) is 13.8 Å². The van der Waals surface area contributed by atoms with Gasteiger partial charge in [0.1, 0.15) is 0 Å². The quantitative estimate of drug-likeness (QED) is 0.784. The summed E-state index contributed by atoms with van der Waals surface area (Å²) in [4.78, 5) is 24.2. The molecule has 0 aliphatic carbocycles. The molecule has 2 aromatic carbocycles. The fraction of sp³-hybridized carbons (Fsp3) is 0.111. The highest BCUT2D eigenvalue weighted by atomic mass is 16.4. The Hall–Kier alpha value is -2.88. The van der Waals surface area contributed by atoms with Gasteiger partial charge in [0, 0.05) is 5.69 Å². The fourth-order valence-corrected chi connectivity index (χ4v) is 2.38. The minimum atomic E-state index is -0.510. The number of amides is 1. The number of rotatable bonds is 2. The Morgan fingerprint density at radius 1 is 1.05 bits per heavy atom. The van der Waals surface area contributed by atoms with Gasteiger partial charge in [-0.1, -0.05) is 35.9 Å². The first kappa shape index (κ1) is 14.1. The van der Waals surface area contributed by atoms with E-state index < -0.39 is 11.5 Å². The fourth-order valence-electron chi connectivity index (χ4n) is 2.38. The molecule has 0 fully saturated rings. The number of carbonyl (C=O) groups excluding carboxylic acids is 1. The van der Waals surface area contributed by atoms with Gasteiger partial charge >= 0.3 is 5.63 Å². The van der Waals surface area contributed by atoms with Crippen LogP contribution in [0.2, 0.25) is 0 Å². The maximum absolute atomic E-state index is 12.3. The zero-order valence-corrected chi connectivity index (χ0v) is 12.3. The second-order valence-corrected chi connectivity index (χ2v) is 5.26. The van der Waals surface area contributed by atoms with Gasteiger partial charge in [-0.3, -0.25) is 4.79 Å².